The van der Waals surface area contributed by atoms with Crippen molar-refractivity contribution in [1.29, 1.82) is 0 Å². The van der Waals surface area contributed by atoms with Crippen molar-refractivity contribution in [2.45, 2.75) is 31.8 Å². The van der Waals surface area contributed by atoms with E-state index in [0.29, 0.717) is 5.56 Å². The molecule has 0 aliphatic carbocycles. The maximum Gasteiger partial charge on any atom is 0.252 e. The third-order valence-electron chi connectivity index (χ3n) is 5.23. The summed E-state index contributed by atoms with van der Waals surface area (Å²) in [6.07, 6.45) is 6.04. The minimum atomic E-state index is -0.389. The fourth-order valence-corrected chi connectivity index (χ4v) is 4.67. The third-order valence-corrected chi connectivity index (χ3v) is 6.09. The van der Waals surface area contributed by atoms with Crippen LogP contribution in [0, 0.1) is 0 Å². The molecule has 1 unspecified atom stereocenters. The number of thiophene rings is 1. The summed E-state index contributed by atoms with van der Waals surface area (Å²) in [5, 5.41) is 6.66. The first-order chi connectivity index (χ1) is 13.1. The highest BCUT2D eigenvalue weighted by Gasteiger charge is 2.27. The minimum Gasteiger partial charge on any atom is -0.365 e. The Kier molecular flexibility index (Phi) is 5.13. The van der Waals surface area contributed by atoms with Crippen LogP contribution < -0.4 is 5.73 Å². The Morgan fingerprint density at radius 2 is 2.22 bits per heavy atom. The van der Waals surface area contributed by atoms with Gasteiger partial charge in [0.15, 0.2) is 0 Å². The Bertz CT molecular complexity index is 911. The molecule has 1 amide bonds. The summed E-state index contributed by atoms with van der Waals surface area (Å²) in [6.45, 7) is 3.80. The van der Waals surface area contributed by atoms with E-state index in [4.69, 9.17) is 5.73 Å². The second-order valence-electron chi connectivity index (χ2n) is 7.25. The van der Waals surface area contributed by atoms with Gasteiger partial charge in [-0.25, -0.2) is 0 Å². The van der Waals surface area contributed by atoms with Crippen molar-refractivity contribution in [2.75, 3.05) is 13.1 Å². The van der Waals surface area contributed by atoms with E-state index in [1.807, 2.05) is 7.05 Å². The average molecular weight is 384 g/mol. The number of rotatable bonds is 6. The van der Waals surface area contributed by atoms with Crippen LogP contribution in [0.3, 0.4) is 0 Å². The first kappa shape index (κ1) is 18.0. The van der Waals surface area contributed by atoms with Crippen LogP contribution in [0.15, 0.2) is 42.0 Å². The topological polar surface area (TPSA) is 69.1 Å². The van der Waals surface area contributed by atoms with Gasteiger partial charge in [-0.1, -0.05) is 6.07 Å². The molecule has 27 heavy (non-hydrogen) atoms. The number of hydrogen-bond donors (Lipinski definition) is 1. The number of aromatic nitrogens is 3. The van der Waals surface area contributed by atoms with Gasteiger partial charge < -0.3 is 10.3 Å². The molecular formula is C20H25N5OS. The fourth-order valence-electron chi connectivity index (χ4n) is 3.97. The smallest absolute Gasteiger partial charge is 0.252 e. The molecule has 0 bridgehead atoms. The lowest BCUT2D eigenvalue weighted by Crippen LogP contribution is -2.35. The van der Waals surface area contributed by atoms with Crippen molar-refractivity contribution >= 4 is 17.2 Å². The van der Waals surface area contributed by atoms with Gasteiger partial charge in [0.1, 0.15) is 0 Å². The molecule has 0 aromatic carbocycles. The molecule has 1 atom stereocenters. The van der Waals surface area contributed by atoms with Gasteiger partial charge in [-0.15, -0.1) is 11.3 Å². The Balaban J connectivity index is 1.47. The molecular weight excluding hydrogens is 358 g/mol. The van der Waals surface area contributed by atoms with Crippen molar-refractivity contribution in [3.63, 3.8) is 0 Å². The molecule has 4 rings (SSSR count). The van der Waals surface area contributed by atoms with Gasteiger partial charge in [-0.05, 0) is 43.0 Å². The molecule has 1 aliphatic rings. The predicted octanol–water partition coefficient (Wildman–Crippen LogP) is 2.81. The summed E-state index contributed by atoms with van der Waals surface area (Å²) in [4.78, 5) is 15.6. The Morgan fingerprint density at radius 1 is 1.33 bits per heavy atom. The van der Waals surface area contributed by atoms with Gasteiger partial charge in [0.2, 0.25) is 0 Å². The summed E-state index contributed by atoms with van der Waals surface area (Å²) < 4.78 is 4.02. The summed E-state index contributed by atoms with van der Waals surface area (Å²) in [6, 6.07) is 8.60. The number of primary amides is 1. The highest BCUT2D eigenvalue weighted by molar-refractivity contribution is 7.09. The molecule has 1 fully saturated rings. The van der Waals surface area contributed by atoms with Crippen LogP contribution in [0.4, 0.5) is 0 Å². The lowest BCUT2D eigenvalue weighted by atomic mass is 9.92. The van der Waals surface area contributed by atoms with E-state index < -0.39 is 0 Å². The molecule has 142 valence electrons. The molecule has 0 spiro atoms. The van der Waals surface area contributed by atoms with E-state index >= 15 is 0 Å². The van der Waals surface area contributed by atoms with E-state index in [9.17, 15) is 4.79 Å². The maximum absolute atomic E-state index is 11.8. The molecule has 2 N–H and O–H groups in total. The van der Waals surface area contributed by atoms with Crippen LogP contribution >= 0.6 is 11.3 Å². The summed E-state index contributed by atoms with van der Waals surface area (Å²) in [7, 11) is 1.84. The van der Waals surface area contributed by atoms with E-state index in [-0.39, 0.29) is 11.8 Å². The van der Waals surface area contributed by atoms with Crippen molar-refractivity contribution in [3.8, 4) is 0 Å². The number of piperidine rings is 1. The Morgan fingerprint density at radius 3 is 3.00 bits per heavy atom. The van der Waals surface area contributed by atoms with Crippen molar-refractivity contribution in [3.05, 3.63) is 63.9 Å². The number of nitrogens with two attached hydrogens (primary N) is 1. The molecule has 1 saturated heterocycles. The second kappa shape index (κ2) is 7.70. The molecule has 1 aliphatic heterocycles. The van der Waals surface area contributed by atoms with Crippen LogP contribution in [0.25, 0.3) is 0 Å². The zero-order valence-corrected chi connectivity index (χ0v) is 16.4. The van der Waals surface area contributed by atoms with E-state index in [2.05, 4.69) is 50.4 Å². The molecule has 3 aromatic rings. The van der Waals surface area contributed by atoms with Crippen molar-refractivity contribution in [2.24, 2.45) is 12.8 Å². The van der Waals surface area contributed by atoms with E-state index in [0.717, 1.165) is 44.7 Å². The highest BCUT2D eigenvalue weighted by atomic mass is 32.1. The number of likely N-dealkylation sites (tertiary alicyclic amines) is 1. The molecule has 6 nitrogen and oxygen atoms in total. The Labute approximate surface area is 163 Å². The van der Waals surface area contributed by atoms with E-state index in [1.54, 1.807) is 22.2 Å². The molecule has 4 heterocycles. The number of carbonyl (C=O) groups is 1. The van der Waals surface area contributed by atoms with Crippen LogP contribution in [-0.2, 0) is 20.1 Å². The quantitative estimate of drug-likeness (QED) is 0.712. The zero-order chi connectivity index (χ0) is 18.8. The second-order valence-corrected chi connectivity index (χ2v) is 8.28. The predicted molar refractivity (Wildman–Crippen MR) is 107 cm³/mol. The first-order valence-corrected chi connectivity index (χ1v) is 10.2. The van der Waals surface area contributed by atoms with Gasteiger partial charge in [-0.3, -0.25) is 14.4 Å². The highest BCUT2D eigenvalue weighted by Crippen LogP contribution is 2.29. The molecule has 0 radical (unpaired) electrons. The van der Waals surface area contributed by atoms with Gasteiger partial charge in [-0.2, -0.15) is 5.10 Å². The first-order valence-electron chi connectivity index (χ1n) is 9.32. The molecule has 7 heteroatoms. The SMILES string of the molecule is Cn1cc(C(N)=O)c(C2CCCN(Cc3cccn3Cc3cccs3)C2)n1. The number of amides is 1. The largest absolute Gasteiger partial charge is 0.365 e. The lowest BCUT2D eigenvalue weighted by Gasteiger charge is -2.32. The lowest BCUT2D eigenvalue weighted by molar-refractivity contribution is 0.0997. The zero-order valence-electron chi connectivity index (χ0n) is 15.5. The number of hydrogen-bond acceptors (Lipinski definition) is 4. The number of carbonyl (C=O) groups excluding carboxylic acids is 1. The van der Waals surface area contributed by atoms with Crippen molar-refractivity contribution < 1.29 is 4.79 Å². The number of aryl methyl sites for hydroxylation is 1. The molecule has 0 saturated carbocycles. The monoisotopic (exact) mass is 383 g/mol. The summed E-state index contributed by atoms with van der Waals surface area (Å²) >= 11 is 1.79. The van der Waals surface area contributed by atoms with Crippen LogP contribution in [0.1, 0.15) is 45.4 Å². The number of nitrogens with zero attached hydrogens (tertiary/aromatic N) is 4. The van der Waals surface area contributed by atoms with Gasteiger partial charge in [0, 0.05) is 49.0 Å². The normalized spacial score (nSPS) is 18.0. The van der Waals surface area contributed by atoms with Crippen LogP contribution in [0.2, 0.25) is 0 Å². The van der Waals surface area contributed by atoms with Gasteiger partial charge in [0.05, 0.1) is 17.8 Å². The summed E-state index contributed by atoms with van der Waals surface area (Å²) in [5.41, 5.74) is 8.29. The van der Waals surface area contributed by atoms with E-state index in [1.165, 1.54) is 10.6 Å². The third kappa shape index (κ3) is 3.99. The maximum atomic E-state index is 11.8. The molecule has 3 aromatic heterocycles. The average Bonchev–Trinajstić information content (AvgIpc) is 3.38. The van der Waals surface area contributed by atoms with Gasteiger partial charge >= 0.3 is 0 Å². The van der Waals surface area contributed by atoms with Gasteiger partial charge in [0.25, 0.3) is 5.91 Å². The Hall–Kier alpha value is -2.38. The standard InChI is InChI=1S/C20H25N5OS/c1-23-14-18(20(21)26)19(22-23)15-5-2-8-24(11-15)12-16-6-3-9-25(16)13-17-7-4-10-27-17/h3-4,6-7,9-10,14-15H,2,5,8,11-13H2,1H3,(H2,21,26). The van der Waals surface area contributed by atoms with Crippen molar-refractivity contribution in [1.82, 2.24) is 19.2 Å². The fraction of sp³-hybridized carbons (Fsp3) is 0.400. The van der Waals surface area contributed by atoms with Crippen LogP contribution in [0.5, 0.6) is 0 Å². The minimum absolute atomic E-state index is 0.253. The van der Waals surface area contributed by atoms with Crippen LogP contribution in [-0.4, -0.2) is 38.2 Å². The summed E-state index contributed by atoms with van der Waals surface area (Å²) in [5.74, 6) is -0.136.